The maximum absolute atomic E-state index is 8.88. The number of aromatic nitrogens is 1. The quantitative estimate of drug-likeness (QED) is 0.445. The summed E-state index contributed by atoms with van der Waals surface area (Å²) in [5.74, 6) is 0.579. The van der Waals surface area contributed by atoms with Crippen molar-refractivity contribution in [3.8, 4) is 0 Å². The number of anilines is 1. The molecule has 1 heterocycles. The number of nitrogens with two attached hydrogens (primary N) is 1. The largest absolute Gasteiger partial charge is 0.466 e. The first kappa shape index (κ1) is 12.1. The Balaban J connectivity index is 0.000000252. The molecule has 0 fully saturated rings. The molecular formula is C6H11N2O4P. The minimum atomic E-state index is -4.64. The standard InChI is InChI=1S/C6H8N2.H3O4P/c1-5-2-3-6(7)8-4-5;1-5(2,3)4/h2-4H,1H3,(H2,7,8);(H3,1,2,3,4). The third-order valence-corrected chi connectivity index (χ3v) is 0.934. The molecule has 0 radical (unpaired) electrons. The van der Waals surface area contributed by atoms with Crippen molar-refractivity contribution in [2.75, 3.05) is 5.73 Å². The van der Waals surface area contributed by atoms with Crippen LogP contribution in [0, 0.1) is 6.92 Å². The first-order chi connectivity index (χ1) is 5.79. The highest BCUT2D eigenvalue weighted by molar-refractivity contribution is 7.45. The highest BCUT2D eigenvalue weighted by atomic mass is 31.2. The van der Waals surface area contributed by atoms with E-state index in [0.29, 0.717) is 5.82 Å². The van der Waals surface area contributed by atoms with Crippen LogP contribution in [0.4, 0.5) is 5.82 Å². The van der Waals surface area contributed by atoms with Gasteiger partial charge in [0.15, 0.2) is 0 Å². The molecule has 0 unspecified atom stereocenters. The van der Waals surface area contributed by atoms with Gasteiger partial charge in [-0.15, -0.1) is 0 Å². The first-order valence-electron chi connectivity index (χ1n) is 3.25. The van der Waals surface area contributed by atoms with Crippen LogP contribution in [-0.4, -0.2) is 19.7 Å². The summed E-state index contributed by atoms with van der Waals surface area (Å²) in [6.07, 6.45) is 1.75. The van der Waals surface area contributed by atoms with Crippen molar-refractivity contribution in [1.29, 1.82) is 0 Å². The smallest absolute Gasteiger partial charge is 0.384 e. The van der Waals surface area contributed by atoms with Crippen molar-refractivity contribution in [2.45, 2.75) is 6.92 Å². The van der Waals surface area contributed by atoms with Gasteiger partial charge in [-0.2, -0.15) is 0 Å². The Morgan fingerprint density at radius 3 is 2.08 bits per heavy atom. The molecule has 0 aliphatic heterocycles. The van der Waals surface area contributed by atoms with Crippen molar-refractivity contribution < 1.29 is 19.2 Å². The summed E-state index contributed by atoms with van der Waals surface area (Å²) in [4.78, 5) is 25.4. The normalized spacial score (nSPS) is 10.2. The van der Waals surface area contributed by atoms with Gasteiger partial charge in [0.05, 0.1) is 0 Å². The Labute approximate surface area is 75.3 Å². The summed E-state index contributed by atoms with van der Waals surface area (Å²) in [6.45, 7) is 1.98. The van der Waals surface area contributed by atoms with E-state index in [9.17, 15) is 0 Å². The fourth-order valence-electron chi connectivity index (χ4n) is 0.479. The molecule has 0 spiro atoms. The van der Waals surface area contributed by atoms with Crippen LogP contribution < -0.4 is 5.73 Å². The van der Waals surface area contributed by atoms with Gasteiger partial charge in [-0.25, -0.2) is 9.55 Å². The van der Waals surface area contributed by atoms with E-state index in [1.54, 1.807) is 12.3 Å². The van der Waals surface area contributed by atoms with Gasteiger partial charge in [-0.1, -0.05) is 6.07 Å². The minimum Gasteiger partial charge on any atom is -0.384 e. The molecule has 74 valence electrons. The highest BCUT2D eigenvalue weighted by Gasteiger charge is 2.00. The molecule has 0 atom stereocenters. The molecule has 1 rings (SSSR count). The van der Waals surface area contributed by atoms with E-state index in [1.165, 1.54) is 0 Å². The molecule has 1 aromatic heterocycles. The molecule has 0 aliphatic rings. The van der Waals surface area contributed by atoms with Gasteiger partial charge in [0.1, 0.15) is 5.82 Å². The molecule has 0 bridgehead atoms. The molecule has 0 aliphatic carbocycles. The van der Waals surface area contributed by atoms with E-state index in [0.717, 1.165) is 5.56 Å². The fraction of sp³-hybridized carbons (Fsp3) is 0.167. The number of rotatable bonds is 0. The average Bonchev–Trinajstić information content (AvgIpc) is 1.92. The van der Waals surface area contributed by atoms with E-state index in [1.807, 2.05) is 13.0 Å². The van der Waals surface area contributed by atoms with Crippen LogP contribution in [0.3, 0.4) is 0 Å². The lowest BCUT2D eigenvalue weighted by Crippen LogP contribution is -1.87. The Bertz CT molecular complexity index is 265. The molecule has 1 aromatic rings. The number of nitrogen functional groups attached to an aromatic ring is 1. The van der Waals surface area contributed by atoms with Crippen LogP contribution in [0.15, 0.2) is 18.3 Å². The Kier molecular flexibility index (Phi) is 4.58. The number of hydrogen-bond donors (Lipinski definition) is 4. The maximum Gasteiger partial charge on any atom is 0.466 e. The first-order valence-corrected chi connectivity index (χ1v) is 4.82. The number of phosphoric acid groups is 1. The molecule has 0 aromatic carbocycles. The van der Waals surface area contributed by atoms with E-state index in [4.69, 9.17) is 25.0 Å². The number of nitrogens with zero attached hydrogens (tertiary/aromatic N) is 1. The van der Waals surface area contributed by atoms with E-state index >= 15 is 0 Å². The molecule has 0 amide bonds. The Morgan fingerprint density at radius 1 is 1.38 bits per heavy atom. The van der Waals surface area contributed by atoms with Gasteiger partial charge in [-0.05, 0) is 18.6 Å². The van der Waals surface area contributed by atoms with Crippen LogP contribution in [0.1, 0.15) is 5.56 Å². The summed E-state index contributed by atoms with van der Waals surface area (Å²) < 4.78 is 8.88. The summed E-state index contributed by atoms with van der Waals surface area (Å²) in [5, 5.41) is 0. The second kappa shape index (κ2) is 4.94. The van der Waals surface area contributed by atoms with Crippen LogP contribution in [0.5, 0.6) is 0 Å². The zero-order valence-corrected chi connectivity index (χ0v) is 7.85. The van der Waals surface area contributed by atoms with E-state index in [-0.39, 0.29) is 0 Å². The summed E-state index contributed by atoms with van der Waals surface area (Å²) in [5.41, 5.74) is 6.45. The van der Waals surface area contributed by atoms with Gasteiger partial charge < -0.3 is 20.4 Å². The van der Waals surface area contributed by atoms with Crippen LogP contribution in [-0.2, 0) is 4.57 Å². The molecule has 0 saturated heterocycles. The highest BCUT2D eigenvalue weighted by Crippen LogP contribution is 2.25. The molecule has 7 heteroatoms. The van der Waals surface area contributed by atoms with Gasteiger partial charge in [-0.3, -0.25) is 0 Å². The zero-order chi connectivity index (χ0) is 10.5. The molecule has 13 heavy (non-hydrogen) atoms. The number of hydrogen-bond acceptors (Lipinski definition) is 3. The number of aryl methyl sites for hydroxylation is 1. The predicted molar refractivity (Wildman–Crippen MR) is 47.6 cm³/mol. The molecule has 6 nitrogen and oxygen atoms in total. The van der Waals surface area contributed by atoms with Crippen LogP contribution in [0.25, 0.3) is 0 Å². The Morgan fingerprint density at radius 2 is 1.85 bits per heavy atom. The SMILES string of the molecule is Cc1ccc(N)nc1.O=P(O)(O)O. The van der Waals surface area contributed by atoms with Crippen molar-refractivity contribution in [2.24, 2.45) is 0 Å². The molecular weight excluding hydrogens is 195 g/mol. The predicted octanol–water partition coefficient (Wildman–Crippen LogP) is 0.0436. The lowest BCUT2D eigenvalue weighted by atomic mass is 10.3. The van der Waals surface area contributed by atoms with Gasteiger partial charge in [0.2, 0.25) is 0 Å². The second-order valence-electron chi connectivity index (χ2n) is 2.27. The molecule has 0 saturated carbocycles. The second-order valence-corrected chi connectivity index (χ2v) is 3.30. The summed E-state index contributed by atoms with van der Waals surface area (Å²) in [7, 11) is -4.64. The van der Waals surface area contributed by atoms with Crippen molar-refractivity contribution in [3.63, 3.8) is 0 Å². The molecule has 5 N–H and O–H groups in total. The van der Waals surface area contributed by atoms with E-state index < -0.39 is 7.82 Å². The van der Waals surface area contributed by atoms with Gasteiger partial charge in [0, 0.05) is 6.20 Å². The van der Waals surface area contributed by atoms with Crippen molar-refractivity contribution in [1.82, 2.24) is 4.98 Å². The van der Waals surface area contributed by atoms with Crippen LogP contribution in [0.2, 0.25) is 0 Å². The van der Waals surface area contributed by atoms with Crippen molar-refractivity contribution in [3.05, 3.63) is 23.9 Å². The minimum absolute atomic E-state index is 0.579. The number of pyridine rings is 1. The topological polar surface area (TPSA) is 117 Å². The summed E-state index contributed by atoms with van der Waals surface area (Å²) >= 11 is 0. The van der Waals surface area contributed by atoms with Crippen LogP contribution >= 0.6 is 7.82 Å². The monoisotopic (exact) mass is 206 g/mol. The van der Waals surface area contributed by atoms with Gasteiger partial charge in [0.25, 0.3) is 0 Å². The Hall–Kier alpha value is -0.940. The maximum atomic E-state index is 8.88. The lowest BCUT2D eigenvalue weighted by molar-refractivity contribution is 0.275. The van der Waals surface area contributed by atoms with E-state index in [2.05, 4.69) is 4.98 Å². The lowest BCUT2D eigenvalue weighted by Gasteiger charge is -1.89. The zero-order valence-electron chi connectivity index (χ0n) is 6.95. The van der Waals surface area contributed by atoms with Gasteiger partial charge >= 0.3 is 7.82 Å². The third kappa shape index (κ3) is 11.1. The average molecular weight is 206 g/mol. The fourth-order valence-corrected chi connectivity index (χ4v) is 0.479. The summed E-state index contributed by atoms with van der Waals surface area (Å²) in [6, 6.07) is 3.72. The van der Waals surface area contributed by atoms with Crippen molar-refractivity contribution >= 4 is 13.6 Å². The third-order valence-electron chi connectivity index (χ3n) is 0.934.